The van der Waals surface area contributed by atoms with E-state index in [0.717, 1.165) is 12.8 Å². The fourth-order valence-corrected chi connectivity index (χ4v) is 2.19. The van der Waals surface area contributed by atoms with Gasteiger partial charge in [0, 0.05) is 0 Å². The van der Waals surface area contributed by atoms with E-state index in [1.807, 2.05) is 13.8 Å². The second-order valence-corrected chi connectivity index (χ2v) is 5.00. The molecule has 2 N–H and O–H groups in total. The molecule has 0 unspecified atom stereocenters. The van der Waals surface area contributed by atoms with Gasteiger partial charge in [-0.1, -0.05) is 26.7 Å². The van der Waals surface area contributed by atoms with E-state index in [2.05, 4.69) is 0 Å². The van der Waals surface area contributed by atoms with Gasteiger partial charge in [0.2, 0.25) is 0 Å². The van der Waals surface area contributed by atoms with E-state index < -0.39 is 11.8 Å². The Morgan fingerprint density at radius 1 is 0.909 bits per heavy atom. The average molecular weight is 322 g/mol. The van der Waals surface area contributed by atoms with Crippen molar-refractivity contribution >= 4 is 6.16 Å². The Hall–Kier alpha value is -0.890. The molecule has 0 aliphatic rings. The zero-order valence-corrected chi connectivity index (χ0v) is 13.7. The summed E-state index contributed by atoms with van der Waals surface area (Å²) >= 11 is 0. The van der Waals surface area contributed by atoms with Crippen LogP contribution < -0.4 is 0 Å². The minimum absolute atomic E-state index is 0.0667. The molecule has 0 saturated carbocycles. The standard InChI is InChI=1S/C15H30O7/c1-3-5-15(6-4-2,13-20-10-8-17)22-14(18)21-12-11-19-9-7-16/h16-17H,3-13H2,1-2H3. The summed E-state index contributed by atoms with van der Waals surface area (Å²) in [7, 11) is 0. The molecular formula is C15H30O7. The quantitative estimate of drug-likeness (QED) is 0.369. The van der Waals surface area contributed by atoms with Gasteiger partial charge in [-0.25, -0.2) is 4.79 Å². The largest absolute Gasteiger partial charge is 0.508 e. The highest BCUT2D eigenvalue weighted by molar-refractivity contribution is 5.60. The third-order valence-corrected chi connectivity index (χ3v) is 3.00. The number of ether oxygens (including phenoxy) is 4. The SMILES string of the molecule is CCCC(CCC)(COCCO)OC(=O)OCCOCCO. The zero-order valence-electron chi connectivity index (χ0n) is 13.7. The van der Waals surface area contributed by atoms with Gasteiger partial charge in [0.05, 0.1) is 39.6 Å². The summed E-state index contributed by atoms with van der Waals surface area (Å²) in [4.78, 5) is 11.8. The summed E-state index contributed by atoms with van der Waals surface area (Å²) in [5, 5.41) is 17.4. The second kappa shape index (κ2) is 13.8. The van der Waals surface area contributed by atoms with Crippen molar-refractivity contribution in [3.63, 3.8) is 0 Å². The summed E-state index contributed by atoms with van der Waals surface area (Å²) < 4.78 is 20.8. The fourth-order valence-electron chi connectivity index (χ4n) is 2.19. The second-order valence-electron chi connectivity index (χ2n) is 5.00. The molecule has 7 heteroatoms. The Bertz CT molecular complexity index is 265. The topological polar surface area (TPSA) is 94.5 Å². The maximum atomic E-state index is 11.8. The lowest BCUT2D eigenvalue weighted by Crippen LogP contribution is -2.40. The highest BCUT2D eigenvalue weighted by Crippen LogP contribution is 2.26. The highest BCUT2D eigenvalue weighted by atomic mass is 16.7. The predicted molar refractivity (Wildman–Crippen MR) is 80.8 cm³/mol. The molecule has 0 aliphatic carbocycles. The number of hydrogen-bond acceptors (Lipinski definition) is 7. The molecule has 0 rings (SSSR count). The van der Waals surface area contributed by atoms with Crippen LogP contribution in [0.5, 0.6) is 0 Å². The summed E-state index contributed by atoms with van der Waals surface area (Å²) in [5.74, 6) is 0. The van der Waals surface area contributed by atoms with E-state index in [1.165, 1.54) is 0 Å². The van der Waals surface area contributed by atoms with Crippen molar-refractivity contribution in [3.05, 3.63) is 0 Å². The van der Waals surface area contributed by atoms with Gasteiger partial charge in [-0.2, -0.15) is 0 Å². The first-order valence-corrected chi connectivity index (χ1v) is 7.87. The maximum Gasteiger partial charge on any atom is 0.508 e. The van der Waals surface area contributed by atoms with Gasteiger partial charge < -0.3 is 29.2 Å². The first-order valence-electron chi connectivity index (χ1n) is 7.87. The van der Waals surface area contributed by atoms with E-state index in [4.69, 9.17) is 29.2 Å². The average Bonchev–Trinajstić information content (AvgIpc) is 2.48. The molecule has 0 aliphatic heterocycles. The Morgan fingerprint density at radius 3 is 2.05 bits per heavy atom. The lowest BCUT2D eigenvalue weighted by atomic mass is 9.93. The molecule has 22 heavy (non-hydrogen) atoms. The van der Waals surface area contributed by atoms with Gasteiger partial charge in [-0.15, -0.1) is 0 Å². The van der Waals surface area contributed by atoms with Gasteiger partial charge in [0.15, 0.2) is 0 Å². The third kappa shape index (κ3) is 9.94. The van der Waals surface area contributed by atoms with Crippen molar-refractivity contribution in [2.75, 3.05) is 46.2 Å². The molecule has 0 amide bonds. The van der Waals surface area contributed by atoms with Crippen molar-refractivity contribution in [1.29, 1.82) is 0 Å². The molecule has 0 bridgehead atoms. The van der Waals surface area contributed by atoms with Crippen LogP contribution in [0.2, 0.25) is 0 Å². The highest BCUT2D eigenvalue weighted by Gasteiger charge is 2.34. The van der Waals surface area contributed by atoms with E-state index in [9.17, 15) is 4.79 Å². The van der Waals surface area contributed by atoms with E-state index in [-0.39, 0.29) is 46.2 Å². The number of hydrogen-bond donors (Lipinski definition) is 2. The molecule has 0 saturated heterocycles. The Morgan fingerprint density at radius 2 is 1.50 bits per heavy atom. The van der Waals surface area contributed by atoms with Crippen molar-refractivity contribution in [3.8, 4) is 0 Å². The summed E-state index contributed by atoms with van der Waals surface area (Å²) in [6.45, 7) is 4.83. The van der Waals surface area contributed by atoms with Gasteiger partial charge in [-0.05, 0) is 12.8 Å². The van der Waals surface area contributed by atoms with Crippen LogP contribution in [0.15, 0.2) is 0 Å². The van der Waals surface area contributed by atoms with Crippen LogP contribution in [-0.2, 0) is 18.9 Å². The summed E-state index contributed by atoms with van der Waals surface area (Å²) in [6.07, 6.45) is 2.28. The first-order chi connectivity index (χ1) is 10.6. The number of aliphatic hydroxyl groups excluding tert-OH is 2. The van der Waals surface area contributed by atoms with Crippen LogP contribution in [0.1, 0.15) is 39.5 Å². The monoisotopic (exact) mass is 322 g/mol. The lowest BCUT2D eigenvalue weighted by Gasteiger charge is -2.32. The van der Waals surface area contributed by atoms with Crippen LogP contribution in [0, 0.1) is 0 Å². The lowest BCUT2D eigenvalue weighted by molar-refractivity contribution is -0.0956. The van der Waals surface area contributed by atoms with Crippen LogP contribution in [0.25, 0.3) is 0 Å². The Kier molecular flexibility index (Phi) is 13.2. The first kappa shape index (κ1) is 21.1. The normalized spacial score (nSPS) is 11.5. The molecule has 0 aromatic rings. The van der Waals surface area contributed by atoms with Crippen LogP contribution in [-0.4, -0.2) is 68.2 Å². The summed E-state index contributed by atoms with van der Waals surface area (Å²) in [6, 6.07) is 0. The van der Waals surface area contributed by atoms with E-state index >= 15 is 0 Å². The van der Waals surface area contributed by atoms with Gasteiger partial charge in [-0.3, -0.25) is 0 Å². The molecule has 0 spiro atoms. The third-order valence-electron chi connectivity index (χ3n) is 3.00. The van der Waals surface area contributed by atoms with Crippen molar-refractivity contribution < 1.29 is 34.0 Å². The number of carbonyl (C=O) groups excluding carboxylic acids is 1. The smallest absolute Gasteiger partial charge is 0.432 e. The molecule has 0 fully saturated rings. The minimum atomic E-state index is -0.748. The van der Waals surface area contributed by atoms with Crippen molar-refractivity contribution in [2.24, 2.45) is 0 Å². The number of rotatable bonds is 14. The minimum Gasteiger partial charge on any atom is -0.432 e. The number of aliphatic hydroxyl groups is 2. The molecule has 0 heterocycles. The Balaban J connectivity index is 4.36. The van der Waals surface area contributed by atoms with Crippen molar-refractivity contribution in [2.45, 2.75) is 45.1 Å². The summed E-state index contributed by atoms with van der Waals surface area (Å²) in [5.41, 5.74) is -0.721. The van der Waals surface area contributed by atoms with E-state index in [1.54, 1.807) is 0 Å². The molecule has 0 atom stereocenters. The predicted octanol–water partition coefficient (Wildman–Crippen LogP) is 1.50. The molecule has 0 radical (unpaired) electrons. The van der Waals surface area contributed by atoms with Crippen LogP contribution in [0.4, 0.5) is 4.79 Å². The van der Waals surface area contributed by atoms with E-state index in [0.29, 0.717) is 12.8 Å². The molecular weight excluding hydrogens is 292 g/mol. The van der Waals surface area contributed by atoms with Crippen LogP contribution in [0.3, 0.4) is 0 Å². The molecule has 7 nitrogen and oxygen atoms in total. The fraction of sp³-hybridized carbons (Fsp3) is 0.933. The number of carbonyl (C=O) groups is 1. The van der Waals surface area contributed by atoms with Gasteiger partial charge in [0.1, 0.15) is 12.2 Å². The molecule has 0 aromatic carbocycles. The zero-order chi connectivity index (χ0) is 16.7. The maximum absolute atomic E-state index is 11.8. The van der Waals surface area contributed by atoms with Gasteiger partial charge in [0.25, 0.3) is 0 Å². The Labute approximate surface area is 132 Å². The molecule has 0 aromatic heterocycles. The molecule has 132 valence electrons. The van der Waals surface area contributed by atoms with Crippen molar-refractivity contribution in [1.82, 2.24) is 0 Å². The van der Waals surface area contributed by atoms with Gasteiger partial charge >= 0.3 is 6.16 Å². The van der Waals surface area contributed by atoms with Crippen LogP contribution >= 0.6 is 0 Å².